The predicted octanol–water partition coefficient (Wildman–Crippen LogP) is 2.29. The zero-order chi connectivity index (χ0) is 24.0. The lowest BCUT2D eigenvalue weighted by Gasteiger charge is -2.23. The number of sulfonamides is 1. The molecule has 0 radical (unpaired) electrons. The highest BCUT2D eigenvalue weighted by Gasteiger charge is 2.33. The van der Waals surface area contributed by atoms with E-state index in [1.54, 1.807) is 43.4 Å². The number of hydrogen-bond acceptors (Lipinski definition) is 7. The van der Waals surface area contributed by atoms with Gasteiger partial charge in [0, 0.05) is 36.4 Å². The minimum atomic E-state index is -3.92. The van der Waals surface area contributed by atoms with Crippen molar-refractivity contribution in [3.63, 3.8) is 0 Å². The number of thiazole rings is 1. The van der Waals surface area contributed by atoms with Gasteiger partial charge in [0.2, 0.25) is 15.8 Å². The zero-order valence-corrected chi connectivity index (χ0v) is 20.4. The molecule has 1 aliphatic heterocycles. The summed E-state index contributed by atoms with van der Waals surface area (Å²) in [6.07, 6.45) is 3.84. The molecule has 1 aliphatic rings. The van der Waals surface area contributed by atoms with Gasteiger partial charge in [-0.2, -0.15) is 0 Å². The third kappa shape index (κ3) is 6.78. The topological polar surface area (TPSA) is 122 Å². The number of carbonyl (C=O) groups excluding carboxylic acids is 3. The van der Waals surface area contributed by atoms with Crippen LogP contribution in [0, 0.1) is 11.8 Å². The van der Waals surface area contributed by atoms with Crippen LogP contribution in [0.1, 0.15) is 43.0 Å². The molecule has 8 nitrogen and oxygen atoms in total. The van der Waals surface area contributed by atoms with E-state index in [-0.39, 0.29) is 17.2 Å². The number of hydrogen-bond donors (Lipinski definition) is 2. The van der Waals surface area contributed by atoms with Gasteiger partial charge in [-0.15, -0.1) is 11.3 Å². The Balaban J connectivity index is 1.78. The van der Waals surface area contributed by atoms with Crippen molar-refractivity contribution in [2.45, 2.75) is 56.9 Å². The summed E-state index contributed by atoms with van der Waals surface area (Å²) in [6, 6.07) is 6.80. The van der Waals surface area contributed by atoms with Gasteiger partial charge in [-0.1, -0.05) is 32.0 Å². The average Bonchev–Trinajstić information content (AvgIpc) is 3.24. The van der Waals surface area contributed by atoms with E-state index in [4.69, 9.17) is 0 Å². The number of aryl methyl sites for hydroxylation is 2. The third-order valence-electron chi connectivity index (χ3n) is 5.58. The minimum absolute atomic E-state index is 0.0597. The lowest BCUT2D eigenvalue weighted by molar-refractivity contribution is -0.141. The van der Waals surface area contributed by atoms with Gasteiger partial charge in [0.15, 0.2) is 5.78 Å². The largest absolute Gasteiger partial charge is 0.349 e. The molecular weight excluding hydrogens is 462 g/mol. The Hall–Kier alpha value is -2.43. The highest BCUT2D eigenvalue weighted by Crippen LogP contribution is 2.23. The molecule has 2 aromatic rings. The number of nitrogens with zero attached hydrogens (tertiary/aromatic N) is 1. The summed E-state index contributed by atoms with van der Waals surface area (Å²) in [5.41, 5.74) is 0. The maximum absolute atomic E-state index is 13.2. The van der Waals surface area contributed by atoms with E-state index in [9.17, 15) is 22.8 Å². The summed E-state index contributed by atoms with van der Waals surface area (Å²) < 4.78 is 28.1. The minimum Gasteiger partial charge on any atom is -0.349 e. The molecule has 10 heteroatoms. The lowest BCUT2D eigenvalue weighted by Crippen LogP contribution is -2.46. The molecule has 2 heterocycles. The van der Waals surface area contributed by atoms with Crippen molar-refractivity contribution in [3.05, 3.63) is 46.4 Å². The Morgan fingerprint density at radius 3 is 2.64 bits per heavy atom. The van der Waals surface area contributed by atoms with Gasteiger partial charge >= 0.3 is 0 Å². The molecule has 178 valence electrons. The van der Waals surface area contributed by atoms with Crippen molar-refractivity contribution in [1.29, 1.82) is 0 Å². The van der Waals surface area contributed by atoms with Crippen molar-refractivity contribution in [1.82, 2.24) is 15.0 Å². The van der Waals surface area contributed by atoms with Crippen LogP contribution in [-0.2, 0) is 37.2 Å². The van der Waals surface area contributed by atoms with Crippen molar-refractivity contribution >= 4 is 38.8 Å². The molecule has 1 aromatic carbocycles. The predicted molar refractivity (Wildman–Crippen MR) is 125 cm³/mol. The van der Waals surface area contributed by atoms with Crippen LogP contribution in [0.25, 0.3) is 0 Å². The van der Waals surface area contributed by atoms with Crippen LogP contribution in [0.3, 0.4) is 0 Å². The molecule has 1 aromatic heterocycles. The molecule has 3 rings (SSSR count). The first-order valence-corrected chi connectivity index (χ1v) is 13.3. The Kier molecular flexibility index (Phi) is 8.50. The maximum atomic E-state index is 13.2. The summed E-state index contributed by atoms with van der Waals surface area (Å²) >= 11 is 1.58. The number of nitrogens with one attached hydrogen (secondary N) is 2. The molecular formula is C23H29N3O5S2. The fraction of sp³-hybridized carbons (Fsp3) is 0.478. The van der Waals surface area contributed by atoms with Gasteiger partial charge in [0.1, 0.15) is 0 Å². The van der Waals surface area contributed by atoms with Crippen molar-refractivity contribution in [3.8, 4) is 0 Å². The number of Topliss-reactive ketones (excluding diaryl/α,β-unsaturated/α-hetero) is 2. The molecule has 1 amide bonds. The monoisotopic (exact) mass is 491 g/mol. The van der Waals surface area contributed by atoms with Crippen molar-refractivity contribution in [2.24, 2.45) is 11.8 Å². The van der Waals surface area contributed by atoms with Crippen LogP contribution in [0.5, 0.6) is 0 Å². The van der Waals surface area contributed by atoms with Crippen LogP contribution in [0.4, 0.5) is 0 Å². The maximum Gasteiger partial charge on any atom is 0.287 e. The van der Waals surface area contributed by atoms with Gasteiger partial charge in [-0.3, -0.25) is 14.4 Å². The number of rotatable bonds is 7. The molecule has 2 atom stereocenters. The lowest BCUT2D eigenvalue weighted by atomic mass is 9.88. The summed E-state index contributed by atoms with van der Waals surface area (Å²) in [7, 11) is -3.92. The van der Waals surface area contributed by atoms with E-state index >= 15 is 0 Å². The number of fused-ring (bicyclic) bond motifs is 2. The van der Waals surface area contributed by atoms with Crippen molar-refractivity contribution in [2.75, 3.05) is 6.54 Å². The second-order valence-corrected chi connectivity index (χ2v) is 11.4. The van der Waals surface area contributed by atoms with E-state index in [1.807, 2.05) is 6.20 Å². The van der Waals surface area contributed by atoms with Crippen LogP contribution in [0.2, 0.25) is 0 Å². The van der Waals surface area contributed by atoms with Gasteiger partial charge < -0.3 is 5.32 Å². The fourth-order valence-corrected chi connectivity index (χ4v) is 6.09. The van der Waals surface area contributed by atoms with Crippen molar-refractivity contribution < 1.29 is 22.8 Å². The van der Waals surface area contributed by atoms with Crippen LogP contribution in [-0.4, -0.2) is 43.5 Å². The summed E-state index contributed by atoms with van der Waals surface area (Å²) in [5.74, 6) is -2.94. The molecule has 0 saturated heterocycles. The average molecular weight is 492 g/mol. The van der Waals surface area contributed by atoms with Crippen LogP contribution >= 0.6 is 11.3 Å². The third-order valence-corrected chi connectivity index (χ3v) is 8.16. The summed E-state index contributed by atoms with van der Waals surface area (Å²) in [6.45, 7) is 3.84. The first-order chi connectivity index (χ1) is 15.7. The van der Waals surface area contributed by atoms with Crippen LogP contribution < -0.4 is 10.0 Å². The van der Waals surface area contributed by atoms with Gasteiger partial charge in [-0.05, 0) is 37.3 Å². The smallest absolute Gasteiger partial charge is 0.287 e. The quantitative estimate of drug-likeness (QED) is 0.573. The molecule has 2 bridgehead atoms. The molecule has 2 unspecified atom stereocenters. The Morgan fingerprint density at radius 2 is 1.94 bits per heavy atom. The highest BCUT2D eigenvalue weighted by atomic mass is 32.2. The Morgan fingerprint density at radius 1 is 1.21 bits per heavy atom. The summed E-state index contributed by atoms with van der Waals surface area (Å²) in [4.78, 5) is 44.0. The molecule has 0 aliphatic carbocycles. The SMILES string of the molecule is CC(C)C(NS(=O)(=O)c1ccccc1)C(=O)CC1CCc2ncc(s2)CCCNC(=O)C1=O. The normalized spacial score (nSPS) is 18.8. The van der Waals surface area contributed by atoms with E-state index in [1.165, 1.54) is 12.1 Å². The molecule has 2 N–H and O–H groups in total. The Bertz CT molecular complexity index is 1100. The second kappa shape index (κ2) is 11.1. The first kappa shape index (κ1) is 25.2. The molecule has 0 saturated carbocycles. The van der Waals surface area contributed by atoms with Crippen LogP contribution in [0.15, 0.2) is 41.4 Å². The zero-order valence-electron chi connectivity index (χ0n) is 18.7. The summed E-state index contributed by atoms with van der Waals surface area (Å²) in [5, 5.41) is 3.50. The number of carbonyl (C=O) groups is 3. The number of benzene rings is 1. The van der Waals surface area contributed by atoms with E-state index < -0.39 is 39.5 Å². The fourth-order valence-electron chi connectivity index (χ4n) is 3.72. The first-order valence-electron chi connectivity index (χ1n) is 11.0. The van der Waals surface area contributed by atoms with E-state index in [0.717, 1.165) is 16.3 Å². The van der Waals surface area contributed by atoms with Gasteiger partial charge in [-0.25, -0.2) is 18.1 Å². The van der Waals surface area contributed by atoms with Gasteiger partial charge in [0.25, 0.3) is 5.91 Å². The number of amides is 1. The van der Waals surface area contributed by atoms with E-state index in [2.05, 4.69) is 15.0 Å². The Labute approximate surface area is 198 Å². The van der Waals surface area contributed by atoms with Gasteiger partial charge in [0.05, 0.1) is 15.9 Å². The number of ketones is 2. The highest BCUT2D eigenvalue weighted by molar-refractivity contribution is 7.89. The molecule has 0 fully saturated rings. The van der Waals surface area contributed by atoms with E-state index in [0.29, 0.717) is 25.8 Å². The second-order valence-electron chi connectivity index (χ2n) is 8.51. The number of aromatic nitrogens is 1. The molecule has 33 heavy (non-hydrogen) atoms. The standard InChI is InChI=1S/C23H29N3O5S2/c1-15(2)21(26-33(30,31)18-8-4-3-5-9-18)19(27)13-16-10-11-20-25-14-17(32-20)7-6-12-24-23(29)22(16)28/h3-5,8-9,14-16,21,26H,6-7,10-13H2,1-2H3,(H,24,29). The molecule has 0 spiro atoms.